The average molecular weight is 515 g/mol. The summed E-state index contributed by atoms with van der Waals surface area (Å²) in [6.07, 6.45) is 0.0512. The first-order valence-electron chi connectivity index (χ1n) is 11.1. The van der Waals surface area contributed by atoms with Crippen molar-refractivity contribution in [1.29, 1.82) is 0 Å². The summed E-state index contributed by atoms with van der Waals surface area (Å²) in [6, 6.07) is 15.0. The van der Waals surface area contributed by atoms with Gasteiger partial charge in [0.2, 0.25) is 0 Å². The maximum atomic E-state index is 13.0. The normalized spacial score (nSPS) is 20.8. The molecule has 0 fully saturated rings. The summed E-state index contributed by atoms with van der Waals surface area (Å²) in [6.45, 7) is 0. The molecule has 1 heterocycles. The smallest absolute Gasteiger partial charge is 0.416 e. The van der Waals surface area contributed by atoms with Crippen LogP contribution in [0.25, 0.3) is 0 Å². The van der Waals surface area contributed by atoms with Gasteiger partial charge in [-0.05, 0) is 65.9 Å². The lowest BCUT2D eigenvalue weighted by Gasteiger charge is -2.38. The van der Waals surface area contributed by atoms with Gasteiger partial charge < -0.3 is 10.4 Å². The summed E-state index contributed by atoms with van der Waals surface area (Å²) < 4.78 is 67.4. The summed E-state index contributed by atoms with van der Waals surface area (Å²) in [7, 11) is -4.17. The van der Waals surface area contributed by atoms with Crippen molar-refractivity contribution in [3.63, 3.8) is 0 Å². The number of carbonyl (C=O) groups is 1. The molecule has 36 heavy (non-hydrogen) atoms. The second-order valence-electron chi connectivity index (χ2n) is 8.80. The third-order valence-electron chi connectivity index (χ3n) is 6.61. The number of nitrogens with one attached hydrogen (secondary N) is 2. The fourth-order valence-electron chi connectivity index (χ4n) is 4.98. The van der Waals surface area contributed by atoms with Crippen LogP contribution in [-0.2, 0) is 16.2 Å². The van der Waals surface area contributed by atoms with E-state index >= 15 is 0 Å². The van der Waals surface area contributed by atoms with Crippen molar-refractivity contribution >= 4 is 27.4 Å². The van der Waals surface area contributed by atoms with Gasteiger partial charge in [0.15, 0.2) is 0 Å². The van der Waals surface area contributed by atoms with Crippen molar-refractivity contribution in [3.8, 4) is 0 Å². The molecule has 0 unspecified atom stereocenters. The predicted molar refractivity (Wildman–Crippen MR) is 128 cm³/mol. The molecule has 6 nitrogen and oxygen atoms in total. The van der Waals surface area contributed by atoms with Gasteiger partial charge in [0.05, 0.1) is 22.1 Å². The van der Waals surface area contributed by atoms with Gasteiger partial charge >= 0.3 is 12.1 Å². The number of alkyl halides is 3. The van der Waals surface area contributed by atoms with Gasteiger partial charge in [-0.1, -0.05) is 36.4 Å². The molecular formula is C26H21F3N2O4S. The predicted octanol–water partition coefficient (Wildman–Crippen LogP) is 6.03. The molecule has 0 radical (unpaired) electrons. The first kappa shape index (κ1) is 23.9. The number of allylic oxidation sites excluding steroid dienone is 2. The number of carboxylic acids is 1. The van der Waals surface area contributed by atoms with Crippen molar-refractivity contribution in [1.82, 2.24) is 0 Å². The SMILES string of the molecule is O=C(O)c1ccccc1[C@H]1Nc2ccc(S(=O)(=O)Nc3cccc(C(F)(F)F)c3)cc2[C@H]2C=CC[C@H]21. The van der Waals surface area contributed by atoms with Crippen LogP contribution in [0.3, 0.4) is 0 Å². The zero-order valence-corrected chi connectivity index (χ0v) is 19.5. The molecule has 3 atom stereocenters. The highest BCUT2D eigenvalue weighted by Gasteiger charge is 2.39. The third-order valence-corrected chi connectivity index (χ3v) is 7.99. The Kier molecular flexibility index (Phi) is 5.78. The molecule has 0 amide bonds. The Labute approximate surface area is 205 Å². The van der Waals surface area contributed by atoms with Crippen LogP contribution in [0.4, 0.5) is 24.5 Å². The van der Waals surface area contributed by atoms with Crippen LogP contribution in [0.1, 0.15) is 45.4 Å². The second-order valence-corrected chi connectivity index (χ2v) is 10.5. The number of benzene rings is 3. The van der Waals surface area contributed by atoms with Crippen LogP contribution >= 0.6 is 0 Å². The molecule has 1 aliphatic heterocycles. The number of rotatable bonds is 5. The van der Waals surface area contributed by atoms with Crippen molar-refractivity contribution in [2.75, 3.05) is 10.0 Å². The first-order valence-corrected chi connectivity index (χ1v) is 12.6. The second kappa shape index (κ2) is 8.70. The van der Waals surface area contributed by atoms with E-state index in [9.17, 15) is 31.5 Å². The first-order chi connectivity index (χ1) is 17.0. The fraction of sp³-hybridized carbons (Fsp3) is 0.192. The summed E-state index contributed by atoms with van der Waals surface area (Å²) in [5.74, 6) is -1.22. The minimum absolute atomic E-state index is 0.0348. The van der Waals surface area contributed by atoms with E-state index in [1.165, 1.54) is 18.2 Å². The van der Waals surface area contributed by atoms with Crippen LogP contribution < -0.4 is 10.0 Å². The highest BCUT2D eigenvalue weighted by Crippen LogP contribution is 2.50. The van der Waals surface area contributed by atoms with E-state index in [0.717, 1.165) is 23.8 Å². The lowest BCUT2D eigenvalue weighted by atomic mass is 9.76. The number of fused-ring (bicyclic) bond motifs is 3. The van der Waals surface area contributed by atoms with Gasteiger partial charge in [0.25, 0.3) is 10.0 Å². The Morgan fingerprint density at radius 3 is 2.53 bits per heavy atom. The molecule has 3 aromatic carbocycles. The number of anilines is 2. The molecule has 1 aliphatic carbocycles. The topological polar surface area (TPSA) is 95.5 Å². The molecule has 0 saturated carbocycles. The molecule has 0 bridgehead atoms. The van der Waals surface area contributed by atoms with Gasteiger partial charge in [0, 0.05) is 17.3 Å². The standard InChI is InChI=1S/C26H21F3N2O4S/c27-26(28,29)15-5-3-6-16(13-15)31-36(34,35)17-11-12-23-22(14-17)18-9-4-10-19(18)24(30-23)20-7-1-2-8-21(20)25(32)33/h1-9,11-14,18-19,24,30-31H,10H2,(H,32,33)/t18-,19+,24-/m0/s1. The third kappa shape index (κ3) is 4.32. The van der Waals surface area contributed by atoms with Gasteiger partial charge in [-0.3, -0.25) is 4.72 Å². The Hall–Kier alpha value is -3.79. The number of carboxylic acid groups (broad SMARTS) is 1. The number of hydrogen-bond acceptors (Lipinski definition) is 4. The van der Waals surface area contributed by atoms with E-state index in [1.807, 2.05) is 12.2 Å². The van der Waals surface area contributed by atoms with Gasteiger partial charge in [-0.15, -0.1) is 0 Å². The number of aromatic carboxylic acids is 1. The lowest BCUT2D eigenvalue weighted by molar-refractivity contribution is -0.137. The molecule has 0 spiro atoms. The average Bonchev–Trinajstić information content (AvgIpc) is 3.33. The van der Waals surface area contributed by atoms with Crippen LogP contribution in [0.5, 0.6) is 0 Å². The van der Waals surface area contributed by atoms with E-state index in [2.05, 4.69) is 10.0 Å². The Balaban J connectivity index is 1.48. The number of sulfonamides is 1. The summed E-state index contributed by atoms with van der Waals surface area (Å²) in [5, 5.41) is 13.1. The largest absolute Gasteiger partial charge is 0.478 e. The van der Waals surface area contributed by atoms with E-state index in [1.54, 1.807) is 30.3 Å². The molecule has 3 N–H and O–H groups in total. The van der Waals surface area contributed by atoms with Crippen LogP contribution in [0.15, 0.2) is 83.8 Å². The quantitative estimate of drug-likeness (QED) is 0.362. The Morgan fingerprint density at radius 2 is 1.78 bits per heavy atom. The van der Waals surface area contributed by atoms with Crippen molar-refractivity contribution in [2.24, 2.45) is 5.92 Å². The molecule has 186 valence electrons. The zero-order chi connectivity index (χ0) is 25.7. The molecule has 3 aromatic rings. The van der Waals surface area contributed by atoms with Crippen molar-refractivity contribution < 1.29 is 31.5 Å². The Bertz CT molecular complexity index is 1480. The highest BCUT2D eigenvalue weighted by atomic mass is 32.2. The van der Waals surface area contributed by atoms with E-state index in [-0.39, 0.29) is 34.0 Å². The minimum Gasteiger partial charge on any atom is -0.478 e. The number of halogens is 3. The van der Waals surface area contributed by atoms with Gasteiger partial charge in [-0.2, -0.15) is 13.2 Å². The summed E-state index contributed by atoms with van der Waals surface area (Å²) in [5.41, 5.74) is 1.11. The fourth-order valence-corrected chi connectivity index (χ4v) is 6.07. The van der Waals surface area contributed by atoms with Gasteiger partial charge in [0.1, 0.15) is 0 Å². The molecule has 2 aliphatic rings. The van der Waals surface area contributed by atoms with E-state index in [0.29, 0.717) is 17.7 Å². The van der Waals surface area contributed by atoms with Crippen LogP contribution in [0, 0.1) is 5.92 Å². The van der Waals surface area contributed by atoms with Crippen LogP contribution in [-0.4, -0.2) is 19.5 Å². The lowest BCUT2D eigenvalue weighted by Crippen LogP contribution is -2.30. The Morgan fingerprint density at radius 1 is 1.00 bits per heavy atom. The molecule has 10 heteroatoms. The molecular weight excluding hydrogens is 493 g/mol. The van der Waals surface area contributed by atoms with Crippen LogP contribution in [0.2, 0.25) is 0 Å². The highest BCUT2D eigenvalue weighted by molar-refractivity contribution is 7.92. The maximum Gasteiger partial charge on any atom is 0.416 e. The minimum atomic E-state index is -4.60. The number of hydrogen-bond donors (Lipinski definition) is 3. The van der Waals surface area contributed by atoms with E-state index < -0.39 is 27.7 Å². The van der Waals surface area contributed by atoms with Gasteiger partial charge in [-0.25, -0.2) is 13.2 Å². The van der Waals surface area contributed by atoms with Crippen molar-refractivity contribution in [3.05, 3.63) is 101 Å². The van der Waals surface area contributed by atoms with Crippen molar-refractivity contribution in [2.45, 2.75) is 29.5 Å². The zero-order valence-electron chi connectivity index (χ0n) is 18.7. The maximum absolute atomic E-state index is 13.0. The summed E-state index contributed by atoms with van der Waals surface area (Å²) in [4.78, 5) is 11.7. The molecule has 0 saturated heterocycles. The monoisotopic (exact) mass is 514 g/mol. The van der Waals surface area contributed by atoms with E-state index in [4.69, 9.17) is 0 Å². The molecule has 0 aromatic heterocycles. The molecule has 5 rings (SSSR count). The summed E-state index contributed by atoms with van der Waals surface area (Å²) >= 11 is 0.